The molecule has 0 saturated heterocycles. The predicted octanol–water partition coefficient (Wildman–Crippen LogP) is 7.74. The third kappa shape index (κ3) is 4.44. The second kappa shape index (κ2) is 8.87. The molecule has 0 unspecified atom stereocenters. The van der Waals surface area contributed by atoms with Gasteiger partial charge in [0.05, 0.1) is 0 Å². The van der Waals surface area contributed by atoms with Crippen LogP contribution in [-0.2, 0) is 4.74 Å². The van der Waals surface area contributed by atoms with Crippen molar-refractivity contribution in [2.75, 3.05) is 0 Å². The number of aliphatic imine (C=N–C) groups is 1. The second-order valence-electron chi connectivity index (χ2n) is 7.52. The van der Waals surface area contributed by atoms with Gasteiger partial charge in [-0.15, -0.1) is 0 Å². The van der Waals surface area contributed by atoms with E-state index in [1.807, 2.05) is 0 Å². The maximum atomic E-state index is 14.1. The van der Waals surface area contributed by atoms with Gasteiger partial charge in [0.2, 0.25) is 0 Å². The molecule has 176 valence electrons. The van der Waals surface area contributed by atoms with E-state index in [2.05, 4.69) is 4.99 Å². The largest absolute Gasteiger partial charge is 0.460 e. The Balaban J connectivity index is 2.04. The SMILES string of the molecule is Cc1ccc(C2=NC(C(F)(F)F)(C(F)(F)F)OC(=C(c3ccccc3)c3ccccc3)S2)cc1. The fraction of sp³-hybridized carbons (Fsp3) is 0.160. The fourth-order valence-electron chi connectivity index (χ4n) is 3.37. The van der Waals surface area contributed by atoms with Crippen molar-refractivity contribution in [1.82, 2.24) is 0 Å². The number of aryl methyl sites for hydroxylation is 1. The molecule has 0 fully saturated rings. The van der Waals surface area contributed by atoms with Crippen LogP contribution < -0.4 is 0 Å². The molecule has 3 aromatic rings. The zero-order valence-electron chi connectivity index (χ0n) is 17.6. The molecule has 1 heterocycles. The van der Waals surface area contributed by atoms with Gasteiger partial charge >= 0.3 is 18.1 Å². The average molecular weight is 493 g/mol. The first kappa shape index (κ1) is 23.9. The van der Waals surface area contributed by atoms with Crippen LogP contribution >= 0.6 is 11.8 Å². The Kier molecular flexibility index (Phi) is 6.24. The van der Waals surface area contributed by atoms with Gasteiger partial charge in [-0.2, -0.15) is 26.3 Å². The first-order valence-corrected chi connectivity index (χ1v) is 10.9. The summed E-state index contributed by atoms with van der Waals surface area (Å²) in [5, 5.41) is -0.988. The molecule has 0 N–H and O–H groups in total. The summed E-state index contributed by atoms with van der Waals surface area (Å²) >= 11 is 0.630. The Morgan fingerprint density at radius 2 is 1.21 bits per heavy atom. The van der Waals surface area contributed by atoms with Crippen LogP contribution in [0.25, 0.3) is 5.57 Å². The quantitative estimate of drug-likeness (QED) is 0.348. The van der Waals surface area contributed by atoms with Gasteiger partial charge in [-0.3, -0.25) is 0 Å². The molecule has 34 heavy (non-hydrogen) atoms. The summed E-state index contributed by atoms with van der Waals surface area (Å²) in [7, 11) is 0. The number of alkyl halides is 6. The van der Waals surface area contributed by atoms with Gasteiger partial charge in [-0.1, -0.05) is 90.5 Å². The summed E-state index contributed by atoms with van der Waals surface area (Å²) in [5.74, 6) is 0. The Bertz CT molecular complexity index is 1160. The van der Waals surface area contributed by atoms with Crippen molar-refractivity contribution >= 4 is 22.4 Å². The zero-order valence-corrected chi connectivity index (χ0v) is 18.4. The highest BCUT2D eigenvalue weighted by Gasteiger charge is 2.76. The lowest BCUT2D eigenvalue weighted by molar-refractivity contribution is -0.366. The van der Waals surface area contributed by atoms with Crippen LogP contribution in [0.15, 0.2) is 95.0 Å². The van der Waals surface area contributed by atoms with Crippen LogP contribution in [0.5, 0.6) is 0 Å². The molecule has 4 rings (SSSR count). The first-order valence-electron chi connectivity index (χ1n) is 10.0. The summed E-state index contributed by atoms with van der Waals surface area (Å²) in [6, 6.07) is 22.4. The molecule has 1 aliphatic heterocycles. The Labute approximate surface area is 196 Å². The smallest absolute Gasteiger partial charge is 0.442 e. The molecule has 0 atom stereocenters. The van der Waals surface area contributed by atoms with E-state index in [4.69, 9.17) is 4.74 Å². The third-order valence-electron chi connectivity index (χ3n) is 5.08. The molecular formula is C25H17F6NOS. The lowest BCUT2D eigenvalue weighted by Crippen LogP contribution is -2.58. The van der Waals surface area contributed by atoms with Gasteiger partial charge < -0.3 is 4.74 Å². The highest BCUT2D eigenvalue weighted by Crippen LogP contribution is 2.54. The minimum atomic E-state index is -5.87. The van der Waals surface area contributed by atoms with E-state index < -0.39 is 28.2 Å². The third-order valence-corrected chi connectivity index (χ3v) is 6.08. The monoisotopic (exact) mass is 493 g/mol. The van der Waals surface area contributed by atoms with Gasteiger partial charge in [0.15, 0.2) is 5.09 Å². The number of hydrogen-bond donors (Lipinski definition) is 0. The number of nitrogens with zero attached hydrogens (tertiary/aromatic N) is 1. The van der Waals surface area contributed by atoms with E-state index in [-0.39, 0.29) is 11.1 Å². The molecule has 0 aliphatic carbocycles. The van der Waals surface area contributed by atoms with Crippen LogP contribution in [0.1, 0.15) is 22.3 Å². The van der Waals surface area contributed by atoms with E-state index in [0.29, 0.717) is 22.9 Å². The van der Waals surface area contributed by atoms with Crippen LogP contribution in [0.4, 0.5) is 26.3 Å². The number of thioether (sulfide) groups is 1. The van der Waals surface area contributed by atoms with Crippen LogP contribution in [0, 0.1) is 6.92 Å². The van der Waals surface area contributed by atoms with Gasteiger partial charge in [-0.25, -0.2) is 4.99 Å². The minimum absolute atomic E-state index is 0.101. The van der Waals surface area contributed by atoms with Crippen LogP contribution in [-0.4, -0.2) is 23.1 Å². The van der Waals surface area contributed by atoms with E-state index >= 15 is 0 Å². The average Bonchev–Trinajstić information content (AvgIpc) is 2.79. The lowest BCUT2D eigenvalue weighted by Gasteiger charge is -2.38. The highest BCUT2D eigenvalue weighted by atomic mass is 32.2. The van der Waals surface area contributed by atoms with Crippen molar-refractivity contribution in [1.29, 1.82) is 0 Å². The van der Waals surface area contributed by atoms with Gasteiger partial charge in [0.1, 0.15) is 5.04 Å². The molecule has 9 heteroatoms. The molecule has 0 amide bonds. The zero-order chi connectivity index (χ0) is 24.6. The normalized spacial score (nSPS) is 16.0. The topological polar surface area (TPSA) is 21.6 Å². The minimum Gasteiger partial charge on any atom is -0.442 e. The van der Waals surface area contributed by atoms with Gasteiger partial charge in [0.25, 0.3) is 0 Å². The maximum Gasteiger partial charge on any atom is 0.460 e. The molecule has 0 aromatic heterocycles. The predicted molar refractivity (Wildman–Crippen MR) is 120 cm³/mol. The van der Waals surface area contributed by atoms with E-state index in [1.165, 1.54) is 12.1 Å². The number of hydrogen-bond acceptors (Lipinski definition) is 3. The second-order valence-corrected chi connectivity index (χ2v) is 8.48. The molecule has 0 radical (unpaired) electrons. The van der Waals surface area contributed by atoms with Gasteiger partial charge in [-0.05, 0) is 29.8 Å². The summed E-state index contributed by atoms with van der Waals surface area (Å²) in [6.45, 7) is 1.76. The standard InChI is InChI=1S/C25H17F6NOS/c1-16-12-14-19(15-13-16)21-32-23(24(26,27)28,25(29,30)31)33-22(34-21)20(17-8-4-2-5-9-17)18-10-6-3-7-11-18/h2-15H,1H3. The molecule has 0 spiro atoms. The van der Waals surface area contributed by atoms with E-state index in [0.717, 1.165) is 5.56 Å². The van der Waals surface area contributed by atoms with E-state index in [1.54, 1.807) is 79.7 Å². The van der Waals surface area contributed by atoms with Crippen LogP contribution in [0.2, 0.25) is 0 Å². The molecular weight excluding hydrogens is 476 g/mol. The Morgan fingerprint density at radius 1 is 0.735 bits per heavy atom. The molecule has 3 aromatic carbocycles. The molecule has 2 nitrogen and oxygen atoms in total. The fourth-order valence-corrected chi connectivity index (χ4v) is 4.47. The molecule has 0 saturated carbocycles. The van der Waals surface area contributed by atoms with E-state index in [9.17, 15) is 26.3 Å². The van der Waals surface area contributed by atoms with Crippen molar-refractivity contribution in [2.45, 2.75) is 25.0 Å². The number of halogens is 6. The van der Waals surface area contributed by atoms with Crippen LogP contribution in [0.3, 0.4) is 0 Å². The van der Waals surface area contributed by atoms with Crippen molar-refractivity contribution in [3.05, 3.63) is 112 Å². The number of ether oxygens (including phenoxy) is 1. The Morgan fingerprint density at radius 3 is 1.65 bits per heavy atom. The Hall–Kier alpha value is -3.20. The lowest BCUT2D eigenvalue weighted by atomic mass is 9.99. The molecule has 0 bridgehead atoms. The van der Waals surface area contributed by atoms with Gasteiger partial charge in [0, 0.05) is 11.1 Å². The summed E-state index contributed by atoms with van der Waals surface area (Å²) < 4.78 is 89.5. The number of benzene rings is 3. The van der Waals surface area contributed by atoms with Crippen molar-refractivity contribution in [3.8, 4) is 0 Å². The summed E-state index contributed by atoms with van der Waals surface area (Å²) in [6.07, 6.45) is -11.7. The van der Waals surface area contributed by atoms with Crippen molar-refractivity contribution in [3.63, 3.8) is 0 Å². The highest BCUT2D eigenvalue weighted by molar-refractivity contribution is 8.17. The first-order chi connectivity index (χ1) is 16.0. The summed E-state index contributed by atoms with van der Waals surface area (Å²) in [4.78, 5) is 3.15. The molecule has 1 aliphatic rings. The van der Waals surface area contributed by atoms with Crippen molar-refractivity contribution in [2.24, 2.45) is 4.99 Å². The van der Waals surface area contributed by atoms with Crippen molar-refractivity contribution < 1.29 is 31.1 Å². The maximum absolute atomic E-state index is 14.1. The summed E-state index contributed by atoms with van der Waals surface area (Å²) in [5.41, 5.74) is -2.93. The number of rotatable bonds is 3.